The summed E-state index contributed by atoms with van der Waals surface area (Å²) >= 11 is 0. The number of hydrogen-bond acceptors (Lipinski definition) is 3. The number of amides is 2. The van der Waals surface area contributed by atoms with Gasteiger partial charge in [0.2, 0.25) is 11.8 Å². The van der Waals surface area contributed by atoms with Gasteiger partial charge in [-0.05, 0) is 30.7 Å². The van der Waals surface area contributed by atoms with Gasteiger partial charge in [0.15, 0.2) is 0 Å². The Kier molecular flexibility index (Phi) is 5.37. The Hall–Kier alpha value is -1.88. The molecular formula is C21H30N2O3. The zero-order chi connectivity index (χ0) is 18.8. The summed E-state index contributed by atoms with van der Waals surface area (Å²) in [5.41, 5.74) is 0.338. The van der Waals surface area contributed by atoms with Crippen molar-refractivity contribution in [2.45, 2.75) is 50.5 Å². The van der Waals surface area contributed by atoms with Crippen LogP contribution in [0.5, 0.6) is 0 Å². The smallest absolute Gasteiger partial charge is 0.231 e. The highest BCUT2D eigenvalue weighted by molar-refractivity contribution is 5.92. The minimum absolute atomic E-state index is 0.110. The minimum Gasteiger partial charge on any atom is -0.383 e. The van der Waals surface area contributed by atoms with Crippen molar-refractivity contribution >= 4 is 11.8 Å². The molecule has 26 heavy (non-hydrogen) atoms. The van der Waals surface area contributed by atoms with Crippen molar-refractivity contribution in [3.05, 3.63) is 35.9 Å². The summed E-state index contributed by atoms with van der Waals surface area (Å²) < 4.78 is 5.14. The Bertz CT molecular complexity index is 654. The summed E-state index contributed by atoms with van der Waals surface area (Å²) in [6.45, 7) is 5.91. The van der Waals surface area contributed by atoms with Crippen molar-refractivity contribution in [3.8, 4) is 0 Å². The van der Waals surface area contributed by atoms with Gasteiger partial charge in [0.25, 0.3) is 0 Å². The number of nitrogens with one attached hydrogen (secondary N) is 1. The number of ether oxygens (including phenoxy) is 1. The van der Waals surface area contributed by atoms with Crippen LogP contribution in [0.4, 0.5) is 0 Å². The third-order valence-corrected chi connectivity index (χ3v) is 6.15. The molecule has 1 unspecified atom stereocenters. The van der Waals surface area contributed by atoms with E-state index in [0.29, 0.717) is 32.5 Å². The number of rotatable bonds is 7. The normalized spacial score (nSPS) is 24.6. The molecule has 1 aromatic carbocycles. The molecule has 1 saturated heterocycles. The highest BCUT2D eigenvalue weighted by Crippen LogP contribution is 2.49. The number of nitrogens with zero attached hydrogens (tertiary/aromatic N) is 1. The molecule has 142 valence electrons. The van der Waals surface area contributed by atoms with Crippen LogP contribution in [0.25, 0.3) is 0 Å². The SMILES string of the molecule is COCCN1CC(NC(=O)C2(c3ccccc3)CC2)(C(C)C)CCC1=O. The molecule has 2 aliphatic rings. The number of methoxy groups -OCH3 is 1. The number of carbonyl (C=O) groups excluding carboxylic acids is 2. The molecule has 0 bridgehead atoms. The molecule has 2 amide bonds. The van der Waals surface area contributed by atoms with Crippen LogP contribution in [-0.2, 0) is 19.7 Å². The number of benzene rings is 1. The number of hydrogen-bond donors (Lipinski definition) is 1. The Labute approximate surface area is 156 Å². The third-order valence-electron chi connectivity index (χ3n) is 6.15. The van der Waals surface area contributed by atoms with Gasteiger partial charge < -0.3 is 15.0 Å². The van der Waals surface area contributed by atoms with Crippen molar-refractivity contribution < 1.29 is 14.3 Å². The van der Waals surface area contributed by atoms with Crippen LogP contribution in [0.15, 0.2) is 30.3 Å². The van der Waals surface area contributed by atoms with Crippen LogP contribution in [0.2, 0.25) is 0 Å². The Morgan fingerprint density at radius 2 is 1.92 bits per heavy atom. The van der Waals surface area contributed by atoms with Gasteiger partial charge in [0, 0.05) is 26.6 Å². The molecule has 1 aliphatic carbocycles. The maximum absolute atomic E-state index is 13.3. The maximum Gasteiger partial charge on any atom is 0.231 e. The first-order valence-electron chi connectivity index (χ1n) is 9.58. The fraction of sp³-hybridized carbons (Fsp3) is 0.619. The minimum atomic E-state index is -0.387. The van der Waals surface area contributed by atoms with Gasteiger partial charge in [-0.25, -0.2) is 0 Å². The first-order valence-corrected chi connectivity index (χ1v) is 9.58. The zero-order valence-electron chi connectivity index (χ0n) is 16.1. The van der Waals surface area contributed by atoms with Crippen molar-refractivity contribution in [1.29, 1.82) is 0 Å². The van der Waals surface area contributed by atoms with Crippen LogP contribution >= 0.6 is 0 Å². The molecule has 0 spiro atoms. The van der Waals surface area contributed by atoms with E-state index in [1.54, 1.807) is 7.11 Å². The first-order chi connectivity index (χ1) is 12.4. The summed E-state index contributed by atoms with van der Waals surface area (Å²) in [5.74, 6) is 0.506. The Morgan fingerprint density at radius 1 is 1.23 bits per heavy atom. The topological polar surface area (TPSA) is 58.6 Å². The van der Waals surface area contributed by atoms with Gasteiger partial charge in [-0.15, -0.1) is 0 Å². The van der Waals surface area contributed by atoms with E-state index in [1.807, 2.05) is 35.2 Å². The van der Waals surface area contributed by atoms with Crippen molar-refractivity contribution in [2.24, 2.45) is 5.92 Å². The van der Waals surface area contributed by atoms with Crippen molar-refractivity contribution in [2.75, 3.05) is 26.8 Å². The highest BCUT2D eigenvalue weighted by atomic mass is 16.5. The van der Waals surface area contributed by atoms with E-state index >= 15 is 0 Å². The second kappa shape index (κ2) is 7.39. The van der Waals surface area contributed by atoms with Crippen LogP contribution in [0.3, 0.4) is 0 Å². The summed E-state index contributed by atoms with van der Waals surface area (Å²) in [6, 6.07) is 10.1. The summed E-state index contributed by atoms with van der Waals surface area (Å²) in [4.78, 5) is 27.4. The quantitative estimate of drug-likeness (QED) is 0.815. The van der Waals surface area contributed by atoms with Crippen LogP contribution in [0, 0.1) is 5.92 Å². The maximum atomic E-state index is 13.3. The Morgan fingerprint density at radius 3 is 2.50 bits per heavy atom. The van der Waals surface area contributed by atoms with Crippen LogP contribution in [0.1, 0.15) is 45.1 Å². The summed E-state index contributed by atoms with van der Waals surface area (Å²) in [5, 5.41) is 3.39. The van der Waals surface area contributed by atoms with E-state index in [1.165, 1.54) is 0 Å². The Balaban J connectivity index is 1.78. The molecule has 1 aliphatic heterocycles. The summed E-state index contributed by atoms with van der Waals surface area (Å²) in [7, 11) is 1.64. The monoisotopic (exact) mass is 358 g/mol. The van der Waals surface area contributed by atoms with Gasteiger partial charge in [0.1, 0.15) is 0 Å². The predicted molar refractivity (Wildman–Crippen MR) is 101 cm³/mol. The van der Waals surface area contributed by atoms with E-state index in [4.69, 9.17) is 4.74 Å². The molecule has 5 heteroatoms. The molecule has 5 nitrogen and oxygen atoms in total. The average molecular weight is 358 g/mol. The van der Waals surface area contributed by atoms with Gasteiger partial charge in [0.05, 0.1) is 17.6 Å². The van der Waals surface area contributed by atoms with Crippen molar-refractivity contribution in [1.82, 2.24) is 10.2 Å². The lowest BCUT2D eigenvalue weighted by molar-refractivity contribution is -0.140. The van der Waals surface area contributed by atoms with Crippen LogP contribution in [-0.4, -0.2) is 49.1 Å². The lowest BCUT2D eigenvalue weighted by Gasteiger charge is -2.46. The van der Waals surface area contributed by atoms with E-state index in [0.717, 1.165) is 18.4 Å². The zero-order valence-corrected chi connectivity index (χ0v) is 16.1. The fourth-order valence-corrected chi connectivity index (χ4v) is 3.99. The van der Waals surface area contributed by atoms with E-state index in [-0.39, 0.29) is 28.7 Å². The molecule has 1 aromatic rings. The standard InChI is InChI=1S/C21H30N2O3/c1-16(2)21(10-9-18(24)23(15-21)13-14-26-3)22-19(25)20(11-12-20)17-7-5-4-6-8-17/h4-8,16H,9-15H2,1-3H3,(H,22,25). The average Bonchev–Trinajstić information content (AvgIpc) is 3.45. The summed E-state index contributed by atoms with van der Waals surface area (Å²) in [6.07, 6.45) is 2.96. The van der Waals surface area contributed by atoms with Gasteiger partial charge in [-0.1, -0.05) is 44.2 Å². The molecule has 1 N–H and O–H groups in total. The second-order valence-electron chi connectivity index (χ2n) is 8.02. The molecule has 2 fully saturated rings. The molecule has 3 rings (SSSR count). The molecule has 1 atom stereocenters. The van der Waals surface area contributed by atoms with E-state index in [9.17, 15) is 9.59 Å². The molecule has 1 heterocycles. The predicted octanol–water partition coefficient (Wildman–Crippen LogP) is 2.50. The highest BCUT2D eigenvalue weighted by Gasteiger charge is 2.54. The van der Waals surface area contributed by atoms with Gasteiger partial charge in [-0.3, -0.25) is 9.59 Å². The molecular weight excluding hydrogens is 328 g/mol. The molecule has 1 saturated carbocycles. The van der Waals surface area contributed by atoms with Gasteiger partial charge in [-0.2, -0.15) is 0 Å². The molecule has 0 radical (unpaired) electrons. The lowest BCUT2D eigenvalue weighted by Crippen LogP contribution is -2.64. The fourth-order valence-electron chi connectivity index (χ4n) is 3.99. The number of piperidine rings is 1. The van der Waals surface area contributed by atoms with Gasteiger partial charge >= 0.3 is 0 Å². The van der Waals surface area contributed by atoms with E-state index < -0.39 is 0 Å². The number of likely N-dealkylation sites (tertiary alicyclic amines) is 1. The van der Waals surface area contributed by atoms with E-state index in [2.05, 4.69) is 19.2 Å². The number of carbonyl (C=O) groups is 2. The second-order valence-corrected chi connectivity index (χ2v) is 8.02. The van der Waals surface area contributed by atoms with Crippen molar-refractivity contribution in [3.63, 3.8) is 0 Å². The first kappa shape index (κ1) is 18.9. The van der Waals surface area contributed by atoms with Crippen LogP contribution < -0.4 is 5.32 Å². The largest absolute Gasteiger partial charge is 0.383 e. The third kappa shape index (κ3) is 3.50. The lowest BCUT2D eigenvalue weighted by atomic mass is 9.78. The molecule has 0 aromatic heterocycles.